The predicted octanol–water partition coefficient (Wildman–Crippen LogP) is 4.52. The van der Waals surface area contributed by atoms with Gasteiger partial charge in [0.2, 0.25) is 0 Å². The third-order valence-corrected chi connectivity index (χ3v) is 4.83. The van der Waals surface area contributed by atoms with Crippen molar-refractivity contribution in [1.29, 1.82) is 0 Å². The highest BCUT2D eigenvalue weighted by atomic mass is 16.3. The molecule has 0 aliphatic heterocycles. The molecule has 0 fully saturated rings. The Morgan fingerprint density at radius 1 is 1.07 bits per heavy atom. The van der Waals surface area contributed by atoms with Gasteiger partial charge in [-0.1, -0.05) is 51.1 Å². The number of carbonyl (C=O) groups is 1. The van der Waals surface area contributed by atoms with Gasteiger partial charge in [-0.3, -0.25) is 9.78 Å². The van der Waals surface area contributed by atoms with Crippen molar-refractivity contribution in [2.24, 2.45) is 0 Å². The molecule has 0 unspecified atom stereocenters. The van der Waals surface area contributed by atoms with Gasteiger partial charge in [0.15, 0.2) is 0 Å². The maximum Gasteiger partial charge on any atom is 0.251 e. The van der Waals surface area contributed by atoms with Crippen molar-refractivity contribution in [1.82, 2.24) is 10.3 Å². The zero-order valence-electron chi connectivity index (χ0n) is 16.3. The number of aromatic nitrogens is 1. The number of nitrogens with zero attached hydrogens (tertiary/aromatic N) is 1. The Hall–Kier alpha value is -2.72. The monoisotopic (exact) mass is 362 g/mol. The Kier molecular flexibility index (Phi) is 5.29. The number of amides is 1. The molecule has 2 N–H and O–H groups in total. The molecule has 0 spiro atoms. The summed E-state index contributed by atoms with van der Waals surface area (Å²) in [6.07, 6.45) is 1.69. The topological polar surface area (TPSA) is 62.2 Å². The summed E-state index contributed by atoms with van der Waals surface area (Å²) in [5, 5.41) is 14.3. The predicted molar refractivity (Wildman–Crippen MR) is 109 cm³/mol. The van der Waals surface area contributed by atoms with Gasteiger partial charge in [-0.25, -0.2) is 0 Å². The molecule has 2 aromatic carbocycles. The van der Waals surface area contributed by atoms with Crippen LogP contribution in [0.2, 0.25) is 0 Å². The van der Waals surface area contributed by atoms with Gasteiger partial charge in [0.1, 0.15) is 0 Å². The molecule has 27 heavy (non-hydrogen) atoms. The smallest absolute Gasteiger partial charge is 0.251 e. The van der Waals surface area contributed by atoms with E-state index in [1.165, 1.54) is 5.56 Å². The van der Waals surface area contributed by atoms with Gasteiger partial charge in [-0.2, -0.15) is 0 Å². The first kappa shape index (κ1) is 19.1. The largest absolute Gasteiger partial charge is 0.390 e. The fraction of sp³-hybridized carbons (Fsp3) is 0.304. The van der Waals surface area contributed by atoms with Crippen LogP contribution in [0.25, 0.3) is 10.8 Å². The van der Waals surface area contributed by atoms with Crippen LogP contribution < -0.4 is 5.32 Å². The second-order valence-electron chi connectivity index (χ2n) is 7.96. The Labute approximate surface area is 160 Å². The molecule has 1 aromatic heterocycles. The second-order valence-corrected chi connectivity index (χ2v) is 7.96. The molecule has 1 heterocycles. The highest BCUT2D eigenvalue weighted by molar-refractivity contribution is 5.98. The summed E-state index contributed by atoms with van der Waals surface area (Å²) in [5.74, 6) is -0.115. The van der Waals surface area contributed by atoms with Crippen molar-refractivity contribution in [2.75, 3.05) is 0 Å². The van der Waals surface area contributed by atoms with Gasteiger partial charge in [0, 0.05) is 11.8 Å². The number of hydrogen-bond acceptors (Lipinski definition) is 3. The van der Waals surface area contributed by atoms with Crippen LogP contribution in [0.1, 0.15) is 60.9 Å². The number of aliphatic hydroxyl groups is 1. The van der Waals surface area contributed by atoms with Gasteiger partial charge in [-0.05, 0) is 52.4 Å². The maximum atomic E-state index is 12.6. The molecular weight excluding hydrogens is 336 g/mol. The number of rotatable bonds is 4. The average Bonchev–Trinajstić information content (AvgIpc) is 2.66. The van der Waals surface area contributed by atoms with E-state index in [2.05, 4.69) is 49.3 Å². The molecule has 0 saturated carbocycles. The lowest BCUT2D eigenvalue weighted by Gasteiger charge is -2.19. The first-order chi connectivity index (χ1) is 12.8. The number of fused-ring (bicyclic) bond motifs is 1. The lowest BCUT2D eigenvalue weighted by atomic mass is 9.86. The molecule has 3 rings (SSSR count). The van der Waals surface area contributed by atoms with E-state index >= 15 is 0 Å². The van der Waals surface area contributed by atoms with Crippen LogP contribution in [-0.4, -0.2) is 16.0 Å². The van der Waals surface area contributed by atoms with E-state index in [0.717, 1.165) is 16.3 Å². The minimum Gasteiger partial charge on any atom is -0.390 e. The number of benzene rings is 2. The molecule has 0 radical (unpaired) electrons. The van der Waals surface area contributed by atoms with Gasteiger partial charge < -0.3 is 10.4 Å². The van der Waals surface area contributed by atoms with Crippen LogP contribution in [0.5, 0.6) is 0 Å². The normalized spacial score (nSPS) is 12.8. The summed E-state index contributed by atoms with van der Waals surface area (Å²) in [7, 11) is 0. The van der Waals surface area contributed by atoms with E-state index in [1.54, 1.807) is 12.3 Å². The number of hydrogen-bond donors (Lipinski definition) is 2. The zero-order chi connectivity index (χ0) is 19.6. The van der Waals surface area contributed by atoms with Crippen molar-refractivity contribution < 1.29 is 9.90 Å². The molecule has 140 valence electrons. The van der Waals surface area contributed by atoms with E-state index in [-0.39, 0.29) is 24.0 Å². The van der Waals surface area contributed by atoms with Crippen LogP contribution in [0.3, 0.4) is 0 Å². The standard InChI is InChI=1S/C23H26N2O2/c1-15(19-8-10-21(14-26)24-13-19)25-22(27)18-6-5-17-12-20(23(2,3)4)9-7-16(17)11-18/h5-13,15,26H,14H2,1-4H3,(H,25,27)/t15-/m1/s1. The average molecular weight is 362 g/mol. The molecule has 3 aromatic rings. The SMILES string of the molecule is C[C@@H](NC(=O)c1ccc2cc(C(C)(C)C)ccc2c1)c1ccc(CO)nc1. The molecule has 1 amide bonds. The van der Waals surface area contributed by atoms with Crippen LogP contribution in [0.15, 0.2) is 54.7 Å². The molecule has 0 bridgehead atoms. The highest BCUT2D eigenvalue weighted by Gasteiger charge is 2.15. The minimum atomic E-state index is -0.170. The summed E-state index contributed by atoms with van der Waals surface area (Å²) in [5.41, 5.74) is 3.52. The summed E-state index contributed by atoms with van der Waals surface area (Å²) in [6.45, 7) is 8.41. The van der Waals surface area contributed by atoms with Crippen molar-refractivity contribution in [3.8, 4) is 0 Å². The number of aliphatic hydroxyl groups excluding tert-OH is 1. The molecule has 4 heteroatoms. The number of pyridine rings is 1. The second kappa shape index (κ2) is 7.49. The van der Waals surface area contributed by atoms with E-state index in [0.29, 0.717) is 11.3 Å². The lowest BCUT2D eigenvalue weighted by molar-refractivity contribution is 0.0940. The van der Waals surface area contributed by atoms with Gasteiger partial charge in [0.05, 0.1) is 18.3 Å². The zero-order valence-corrected chi connectivity index (χ0v) is 16.3. The van der Waals surface area contributed by atoms with E-state index < -0.39 is 0 Å². The molecule has 0 aliphatic rings. The van der Waals surface area contributed by atoms with Gasteiger partial charge in [0.25, 0.3) is 5.91 Å². The molecule has 1 atom stereocenters. The first-order valence-corrected chi connectivity index (χ1v) is 9.19. The summed E-state index contributed by atoms with van der Waals surface area (Å²) in [6, 6.07) is 15.7. The van der Waals surface area contributed by atoms with Crippen LogP contribution in [-0.2, 0) is 12.0 Å². The van der Waals surface area contributed by atoms with Gasteiger partial charge in [-0.15, -0.1) is 0 Å². The van der Waals surface area contributed by atoms with E-state index in [1.807, 2.05) is 31.2 Å². The van der Waals surface area contributed by atoms with Crippen LogP contribution in [0, 0.1) is 0 Å². The van der Waals surface area contributed by atoms with Crippen LogP contribution >= 0.6 is 0 Å². The summed E-state index contributed by atoms with van der Waals surface area (Å²) in [4.78, 5) is 16.8. The van der Waals surface area contributed by atoms with Crippen molar-refractivity contribution in [3.63, 3.8) is 0 Å². The Morgan fingerprint density at radius 3 is 2.41 bits per heavy atom. The quantitative estimate of drug-likeness (QED) is 0.717. The van der Waals surface area contributed by atoms with Gasteiger partial charge >= 0.3 is 0 Å². The third-order valence-electron chi connectivity index (χ3n) is 4.83. The molecule has 4 nitrogen and oxygen atoms in total. The Balaban J connectivity index is 1.78. The highest BCUT2D eigenvalue weighted by Crippen LogP contribution is 2.26. The molecular formula is C23H26N2O2. The van der Waals surface area contributed by atoms with E-state index in [4.69, 9.17) is 5.11 Å². The fourth-order valence-corrected chi connectivity index (χ4v) is 3.00. The Morgan fingerprint density at radius 2 is 1.78 bits per heavy atom. The molecule has 0 saturated heterocycles. The van der Waals surface area contributed by atoms with Crippen molar-refractivity contribution in [3.05, 3.63) is 77.1 Å². The van der Waals surface area contributed by atoms with Crippen molar-refractivity contribution in [2.45, 2.75) is 45.8 Å². The Bertz CT molecular complexity index is 956. The third kappa shape index (κ3) is 4.34. The van der Waals surface area contributed by atoms with Crippen molar-refractivity contribution >= 4 is 16.7 Å². The lowest BCUT2D eigenvalue weighted by Crippen LogP contribution is -2.26. The maximum absolute atomic E-state index is 12.6. The van der Waals surface area contributed by atoms with E-state index in [9.17, 15) is 4.79 Å². The number of nitrogens with one attached hydrogen (secondary N) is 1. The summed E-state index contributed by atoms with van der Waals surface area (Å²) < 4.78 is 0. The minimum absolute atomic E-state index is 0.0883. The first-order valence-electron chi connectivity index (χ1n) is 9.19. The number of carbonyl (C=O) groups excluding carboxylic acids is 1. The summed E-state index contributed by atoms with van der Waals surface area (Å²) >= 11 is 0. The fourth-order valence-electron chi connectivity index (χ4n) is 3.00. The van der Waals surface area contributed by atoms with Crippen LogP contribution in [0.4, 0.5) is 0 Å². The molecule has 0 aliphatic carbocycles.